The summed E-state index contributed by atoms with van der Waals surface area (Å²) in [6.45, 7) is 4.49. The molecule has 1 N–H and O–H groups in total. The molecule has 0 saturated carbocycles. The van der Waals surface area contributed by atoms with Gasteiger partial charge in [-0.05, 0) is 55.0 Å². The molecule has 12 nitrogen and oxygen atoms in total. The third-order valence-corrected chi connectivity index (χ3v) is 5.56. The molecule has 3 rings (SSSR count). The highest BCUT2D eigenvalue weighted by molar-refractivity contribution is 7.18. The van der Waals surface area contributed by atoms with Gasteiger partial charge >= 0.3 is 17.9 Å². The summed E-state index contributed by atoms with van der Waals surface area (Å²) in [5, 5.41) is 13.4. The molecule has 0 saturated heterocycles. The number of ether oxygens (including phenoxy) is 3. The van der Waals surface area contributed by atoms with Crippen molar-refractivity contribution in [1.82, 2.24) is 20.2 Å². The van der Waals surface area contributed by atoms with Gasteiger partial charge in [-0.15, -0.1) is 16.4 Å². The van der Waals surface area contributed by atoms with Crippen LogP contribution in [0.2, 0.25) is 0 Å². The Bertz CT molecular complexity index is 1210. The maximum absolute atomic E-state index is 12.5. The number of amides is 1. The van der Waals surface area contributed by atoms with Gasteiger partial charge in [-0.2, -0.15) is 0 Å². The molecular formula is C21H21N5O7S. The zero-order valence-electron chi connectivity index (χ0n) is 18.6. The van der Waals surface area contributed by atoms with Crippen LogP contribution in [-0.4, -0.2) is 63.8 Å². The molecule has 0 aliphatic carbocycles. The molecule has 13 heteroatoms. The van der Waals surface area contributed by atoms with Crippen molar-refractivity contribution >= 4 is 40.2 Å². The van der Waals surface area contributed by atoms with Gasteiger partial charge in [0.2, 0.25) is 0 Å². The van der Waals surface area contributed by atoms with E-state index in [9.17, 15) is 19.2 Å². The lowest BCUT2D eigenvalue weighted by Gasteiger charge is -2.08. The molecule has 1 amide bonds. The molecule has 0 fully saturated rings. The van der Waals surface area contributed by atoms with Gasteiger partial charge in [0.25, 0.3) is 5.91 Å². The van der Waals surface area contributed by atoms with Crippen LogP contribution in [0, 0.1) is 6.92 Å². The molecule has 0 unspecified atom stereocenters. The SMILES string of the molecule is CCOC(=O)c1sc(NC(=O)COC(=O)c2cccc(-n3cnnn3)c2)c(C(=O)OCC)c1C. The molecule has 0 spiro atoms. The minimum atomic E-state index is -0.745. The van der Waals surface area contributed by atoms with E-state index in [0.717, 1.165) is 11.3 Å². The number of nitrogens with one attached hydrogen (secondary N) is 1. The van der Waals surface area contributed by atoms with Gasteiger partial charge in [-0.1, -0.05) is 6.07 Å². The molecule has 1 aromatic carbocycles. The number of rotatable bonds is 9. The predicted octanol–water partition coefficient (Wildman–Crippen LogP) is 2.18. The number of thiophene rings is 1. The van der Waals surface area contributed by atoms with Gasteiger partial charge in [-0.25, -0.2) is 19.1 Å². The van der Waals surface area contributed by atoms with Gasteiger partial charge in [0.1, 0.15) is 16.2 Å². The standard InChI is InChI=1S/C21H21N5O7S/c1-4-31-20(29)16-12(3)17(21(30)32-5-2)34-18(16)23-15(27)10-33-19(28)13-7-6-8-14(9-13)26-11-22-24-25-26/h6-9,11H,4-5,10H2,1-3H3,(H,23,27). The zero-order chi connectivity index (χ0) is 24.7. The monoisotopic (exact) mass is 487 g/mol. The maximum atomic E-state index is 12.5. The van der Waals surface area contributed by atoms with Crippen molar-refractivity contribution in [2.24, 2.45) is 0 Å². The first kappa shape index (κ1) is 24.5. The van der Waals surface area contributed by atoms with E-state index in [-0.39, 0.29) is 34.2 Å². The largest absolute Gasteiger partial charge is 0.462 e. The first-order valence-corrected chi connectivity index (χ1v) is 10.9. The van der Waals surface area contributed by atoms with Crippen LogP contribution in [-0.2, 0) is 19.0 Å². The van der Waals surface area contributed by atoms with Crippen molar-refractivity contribution in [2.45, 2.75) is 20.8 Å². The number of esters is 3. The third kappa shape index (κ3) is 5.61. The van der Waals surface area contributed by atoms with Crippen LogP contribution in [0.4, 0.5) is 5.00 Å². The summed E-state index contributed by atoms with van der Waals surface area (Å²) in [6, 6.07) is 6.33. The fraction of sp³-hybridized carbons (Fsp3) is 0.286. The Hall–Kier alpha value is -4.13. The van der Waals surface area contributed by atoms with Gasteiger partial charge in [0.05, 0.1) is 30.0 Å². The second kappa shape index (κ2) is 11.1. The Kier molecular flexibility index (Phi) is 8.03. The number of carbonyl (C=O) groups excluding carboxylic acids is 4. The van der Waals surface area contributed by atoms with Gasteiger partial charge in [-0.3, -0.25) is 4.79 Å². The van der Waals surface area contributed by atoms with Crippen molar-refractivity contribution in [3.63, 3.8) is 0 Å². The summed E-state index contributed by atoms with van der Waals surface area (Å²) in [7, 11) is 0. The summed E-state index contributed by atoms with van der Waals surface area (Å²) in [5.41, 5.74) is 1.09. The Morgan fingerprint density at radius 1 is 1.03 bits per heavy atom. The average Bonchev–Trinajstić information content (AvgIpc) is 3.46. The van der Waals surface area contributed by atoms with Crippen LogP contribution >= 0.6 is 11.3 Å². The molecule has 0 atom stereocenters. The Morgan fingerprint density at radius 3 is 2.44 bits per heavy atom. The number of aromatic nitrogens is 4. The van der Waals surface area contributed by atoms with Crippen molar-refractivity contribution in [3.05, 3.63) is 52.2 Å². The van der Waals surface area contributed by atoms with E-state index in [1.165, 1.54) is 23.1 Å². The van der Waals surface area contributed by atoms with Crippen molar-refractivity contribution in [1.29, 1.82) is 0 Å². The molecule has 34 heavy (non-hydrogen) atoms. The second-order valence-corrected chi connectivity index (χ2v) is 7.65. The van der Waals surface area contributed by atoms with E-state index in [1.807, 2.05) is 0 Å². The van der Waals surface area contributed by atoms with Crippen LogP contribution < -0.4 is 5.32 Å². The predicted molar refractivity (Wildman–Crippen MR) is 119 cm³/mol. The lowest BCUT2D eigenvalue weighted by Crippen LogP contribution is -2.22. The van der Waals surface area contributed by atoms with E-state index >= 15 is 0 Å². The van der Waals surface area contributed by atoms with Crippen molar-refractivity contribution in [3.8, 4) is 5.69 Å². The van der Waals surface area contributed by atoms with Crippen molar-refractivity contribution in [2.75, 3.05) is 25.1 Å². The summed E-state index contributed by atoms with van der Waals surface area (Å²) >= 11 is 0.878. The van der Waals surface area contributed by atoms with Gasteiger partial charge in [0.15, 0.2) is 6.61 Å². The number of benzene rings is 1. The van der Waals surface area contributed by atoms with Gasteiger partial charge in [0, 0.05) is 0 Å². The van der Waals surface area contributed by atoms with Crippen LogP contribution in [0.1, 0.15) is 49.8 Å². The number of carbonyl (C=O) groups is 4. The summed E-state index contributed by atoms with van der Waals surface area (Å²) in [5.74, 6) is -2.76. The van der Waals surface area contributed by atoms with Crippen LogP contribution in [0.5, 0.6) is 0 Å². The number of hydrogen-bond donors (Lipinski definition) is 1. The fourth-order valence-corrected chi connectivity index (χ4v) is 3.98. The maximum Gasteiger partial charge on any atom is 0.348 e. The van der Waals surface area contributed by atoms with Crippen LogP contribution in [0.25, 0.3) is 5.69 Å². The minimum Gasteiger partial charge on any atom is -0.462 e. The smallest absolute Gasteiger partial charge is 0.348 e. The molecule has 178 valence electrons. The summed E-state index contributed by atoms with van der Waals surface area (Å²) in [4.78, 5) is 49.7. The fourth-order valence-electron chi connectivity index (χ4n) is 2.87. The highest BCUT2D eigenvalue weighted by Gasteiger charge is 2.27. The molecule has 0 aliphatic rings. The zero-order valence-corrected chi connectivity index (χ0v) is 19.4. The number of nitrogens with zero attached hydrogens (tertiary/aromatic N) is 4. The number of hydrogen-bond acceptors (Lipinski definition) is 11. The van der Waals surface area contributed by atoms with E-state index in [2.05, 4.69) is 20.8 Å². The van der Waals surface area contributed by atoms with E-state index in [1.54, 1.807) is 32.9 Å². The molecule has 3 aromatic rings. The lowest BCUT2D eigenvalue weighted by atomic mass is 10.1. The molecular weight excluding hydrogens is 466 g/mol. The van der Waals surface area contributed by atoms with E-state index in [4.69, 9.17) is 14.2 Å². The topological polar surface area (TPSA) is 152 Å². The Labute approximate surface area is 197 Å². The highest BCUT2D eigenvalue weighted by atomic mass is 32.1. The van der Waals surface area contributed by atoms with Gasteiger partial charge < -0.3 is 19.5 Å². The first-order chi connectivity index (χ1) is 16.3. The van der Waals surface area contributed by atoms with Crippen molar-refractivity contribution < 1.29 is 33.4 Å². The quantitative estimate of drug-likeness (QED) is 0.351. The Balaban J connectivity index is 1.71. The minimum absolute atomic E-state index is 0.0451. The normalized spacial score (nSPS) is 10.4. The van der Waals surface area contributed by atoms with Crippen LogP contribution in [0.3, 0.4) is 0 Å². The summed E-state index contributed by atoms with van der Waals surface area (Å²) in [6.07, 6.45) is 1.37. The average molecular weight is 487 g/mol. The highest BCUT2D eigenvalue weighted by Crippen LogP contribution is 2.34. The molecule has 2 heterocycles. The first-order valence-electron chi connectivity index (χ1n) is 10.1. The molecule has 2 aromatic heterocycles. The number of anilines is 1. The summed E-state index contributed by atoms with van der Waals surface area (Å²) < 4.78 is 16.5. The number of tetrazole rings is 1. The molecule has 0 bridgehead atoms. The molecule has 0 aliphatic heterocycles. The lowest BCUT2D eigenvalue weighted by molar-refractivity contribution is -0.119. The second-order valence-electron chi connectivity index (χ2n) is 6.63. The van der Waals surface area contributed by atoms with Crippen LogP contribution in [0.15, 0.2) is 30.6 Å². The van der Waals surface area contributed by atoms with E-state index < -0.39 is 30.4 Å². The Morgan fingerprint density at radius 2 is 1.76 bits per heavy atom. The third-order valence-electron chi connectivity index (χ3n) is 4.37. The van der Waals surface area contributed by atoms with E-state index in [0.29, 0.717) is 11.3 Å². The molecule has 0 radical (unpaired) electrons.